The summed E-state index contributed by atoms with van der Waals surface area (Å²) in [7, 11) is 0. The average Bonchev–Trinajstić information content (AvgIpc) is 2.87. The monoisotopic (exact) mass is 512 g/mol. The highest BCUT2D eigenvalue weighted by atomic mass is 19.1. The molecule has 37 heavy (non-hydrogen) atoms. The number of carbonyl (C=O) groups is 1. The van der Waals surface area contributed by atoms with Gasteiger partial charge in [0, 0.05) is 37.8 Å². The minimum atomic E-state index is -0.239. The molecular formula is C30H45FN4O2. The van der Waals surface area contributed by atoms with Crippen LogP contribution in [0.3, 0.4) is 0 Å². The zero-order chi connectivity index (χ0) is 26.6. The van der Waals surface area contributed by atoms with Gasteiger partial charge in [-0.2, -0.15) is 0 Å². The van der Waals surface area contributed by atoms with Crippen molar-refractivity contribution in [2.45, 2.75) is 104 Å². The molecule has 1 heterocycles. The van der Waals surface area contributed by atoms with Crippen molar-refractivity contribution < 1.29 is 13.9 Å². The van der Waals surface area contributed by atoms with Gasteiger partial charge in [0.05, 0.1) is 24.3 Å². The van der Waals surface area contributed by atoms with Crippen LogP contribution in [0, 0.1) is 0 Å². The SMILES string of the molecule is C/C=C(\C/C=C(\C)F)N(C(=O)NC=NC1CCCCC1)C1CCN(Cc2cccc(OC(C)C)c2)CC1. The van der Waals surface area contributed by atoms with Crippen LogP contribution in [-0.2, 0) is 6.54 Å². The number of amides is 2. The van der Waals surface area contributed by atoms with Crippen LogP contribution in [0.25, 0.3) is 0 Å². The lowest BCUT2D eigenvalue weighted by Crippen LogP contribution is -2.49. The highest BCUT2D eigenvalue weighted by Crippen LogP contribution is 2.25. The molecule has 1 aliphatic carbocycles. The Kier molecular flexibility index (Phi) is 11.6. The Morgan fingerprint density at radius 2 is 1.95 bits per heavy atom. The minimum Gasteiger partial charge on any atom is -0.491 e. The molecule has 0 spiro atoms. The molecule has 7 heteroatoms. The molecule has 2 fully saturated rings. The number of halogens is 1. The van der Waals surface area contributed by atoms with Gasteiger partial charge in [-0.25, -0.2) is 9.18 Å². The van der Waals surface area contributed by atoms with Crippen LogP contribution in [0.4, 0.5) is 9.18 Å². The summed E-state index contributed by atoms with van der Waals surface area (Å²) in [6.07, 6.45) is 13.1. The molecule has 2 amide bonds. The Morgan fingerprint density at radius 3 is 2.59 bits per heavy atom. The minimum absolute atomic E-state index is 0.0504. The molecule has 1 aliphatic heterocycles. The molecule has 0 aromatic heterocycles. The van der Waals surface area contributed by atoms with Crippen molar-refractivity contribution in [3.05, 3.63) is 53.5 Å². The van der Waals surface area contributed by atoms with Gasteiger partial charge in [0.2, 0.25) is 0 Å². The van der Waals surface area contributed by atoms with Crippen molar-refractivity contribution in [2.75, 3.05) is 13.1 Å². The summed E-state index contributed by atoms with van der Waals surface area (Å²) in [5.41, 5.74) is 2.04. The fourth-order valence-electron chi connectivity index (χ4n) is 5.21. The Hall–Kier alpha value is -2.67. The topological polar surface area (TPSA) is 57.2 Å². The number of hydrogen-bond acceptors (Lipinski definition) is 4. The van der Waals surface area contributed by atoms with Gasteiger partial charge in [0.25, 0.3) is 0 Å². The summed E-state index contributed by atoms with van der Waals surface area (Å²) < 4.78 is 19.4. The number of carbonyl (C=O) groups excluding carboxylic acids is 1. The van der Waals surface area contributed by atoms with E-state index in [0.717, 1.165) is 56.8 Å². The van der Waals surface area contributed by atoms with Crippen LogP contribution < -0.4 is 10.1 Å². The zero-order valence-corrected chi connectivity index (χ0v) is 23.1. The first-order chi connectivity index (χ1) is 17.9. The Labute approximate surface area is 222 Å². The molecule has 1 N–H and O–H groups in total. The average molecular weight is 513 g/mol. The maximum atomic E-state index is 13.5. The second-order valence-corrected chi connectivity index (χ2v) is 10.5. The number of ether oxygens (including phenoxy) is 1. The fraction of sp³-hybridized carbons (Fsp3) is 0.600. The number of nitrogens with one attached hydrogen (secondary N) is 1. The Balaban J connectivity index is 1.63. The summed E-state index contributed by atoms with van der Waals surface area (Å²) in [6, 6.07) is 8.45. The van der Waals surface area contributed by atoms with Gasteiger partial charge in [-0.05, 0) is 77.2 Å². The van der Waals surface area contributed by atoms with Crippen LogP contribution in [0.5, 0.6) is 5.75 Å². The van der Waals surface area contributed by atoms with Crippen molar-refractivity contribution in [3.8, 4) is 5.75 Å². The molecule has 6 nitrogen and oxygen atoms in total. The molecule has 1 aromatic rings. The smallest absolute Gasteiger partial charge is 0.327 e. The lowest BCUT2D eigenvalue weighted by atomic mass is 9.96. The van der Waals surface area contributed by atoms with Gasteiger partial charge < -0.3 is 4.74 Å². The number of aliphatic imine (C=N–C) groups is 1. The first-order valence-electron chi connectivity index (χ1n) is 13.9. The van der Waals surface area contributed by atoms with E-state index in [4.69, 9.17) is 4.74 Å². The van der Waals surface area contributed by atoms with E-state index in [2.05, 4.69) is 27.3 Å². The number of piperidine rings is 1. The van der Waals surface area contributed by atoms with Crippen molar-refractivity contribution in [3.63, 3.8) is 0 Å². The Bertz CT molecular complexity index is 941. The summed E-state index contributed by atoms with van der Waals surface area (Å²) in [5.74, 6) is 0.658. The van der Waals surface area contributed by atoms with Crippen LogP contribution in [0.15, 0.2) is 52.9 Å². The molecule has 2 aliphatic rings. The van der Waals surface area contributed by atoms with Crippen molar-refractivity contribution in [2.24, 2.45) is 4.99 Å². The molecule has 3 rings (SSSR count). The lowest BCUT2D eigenvalue weighted by Gasteiger charge is -2.39. The van der Waals surface area contributed by atoms with E-state index in [1.807, 2.05) is 43.9 Å². The van der Waals surface area contributed by atoms with E-state index in [1.165, 1.54) is 37.8 Å². The number of nitrogens with zero attached hydrogens (tertiary/aromatic N) is 3. The van der Waals surface area contributed by atoms with E-state index < -0.39 is 0 Å². The van der Waals surface area contributed by atoms with E-state index in [1.54, 1.807) is 6.34 Å². The maximum absolute atomic E-state index is 13.5. The standard InChI is InChI=1S/C30H45FN4O2/c1-5-27(15-14-24(4)31)35(30(36)33-22-32-26-11-7-6-8-12-26)28-16-18-34(19-17-28)21-25-10-9-13-29(20-25)37-23(2)3/h5,9-10,13-14,20,22-23,26,28H,6-8,11-12,15-19,21H2,1-4H3,(H,32,33,36)/b24-14+,27-5+. The molecule has 204 valence electrons. The quantitative estimate of drug-likeness (QED) is 0.272. The van der Waals surface area contributed by atoms with Crippen LogP contribution in [-0.4, -0.2) is 53.4 Å². The zero-order valence-electron chi connectivity index (χ0n) is 23.1. The first-order valence-corrected chi connectivity index (χ1v) is 13.9. The molecule has 0 bridgehead atoms. The Morgan fingerprint density at radius 1 is 1.22 bits per heavy atom. The molecular weight excluding hydrogens is 467 g/mol. The number of urea groups is 1. The number of likely N-dealkylation sites (tertiary alicyclic amines) is 1. The van der Waals surface area contributed by atoms with E-state index in [9.17, 15) is 9.18 Å². The fourth-order valence-corrected chi connectivity index (χ4v) is 5.21. The van der Waals surface area contributed by atoms with Crippen LogP contribution in [0.2, 0.25) is 0 Å². The molecule has 0 unspecified atom stereocenters. The first kappa shape index (κ1) is 28.9. The van der Waals surface area contributed by atoms with Gasteiger partial charge >= 0.3 is 6.03 Å². The molecule has 1 aromatic carbocycles. The van der Waals surface area contributed by atoms with Crippen LogP contribution >= 0.6 is 0 Å². The molecule has 1 saturated carbocycles. The second-order valence-electron chi connectivity index (χ2n) is 10.5. The van der Waals surface area contributed by atoms with Gasteiger partial charge in [-0.1, -0.05) is 37.5 Å². The summed E-state index contributed by atoms with van der Waals surface area (Å²) in [4.78, 5) is 22.2. The number of rotatable bonds is 10. The second kappa shape index (κ2) is 14.9. The van der Waals surface area contributed by atoms with Gasteiger partial charge in [-0.15, -0.1) is 0 Å². The van der Waals surface area contributed by atoms with Crippen molar-refractivity contribution in [1.29, 1.82) is 0 Å². The van der Waals surface area contributed by atoms with Crippen LogP contribution in [0.1, 0.15) is 84.6 Å². The third-order valence-corrected chi connectivity index (χ3v) is 7.10. The predicted molar refractivity (Wildman–Crippen MR) is 149 cm³/mol. The van der Waals surface area contributed by atoms with E-state index >= 15 is 0 Å². The van der Waals surface area contributed by atoms with E-state index in [-0.39, 0.29) is 24.0 Å². The summed E-state index contributed by atoms with van der Waals surface area (Å²) >= 11 is 0. The van der Waals surface area contributed by atoms with Gasteiger partial charge in [-0.3, -0.25) is 20.1 Å². The molecule has 1 saturated heterocycles. The normalized spacial score (nSPS) is 19.0. The third kappa shape index (κ3) is 9.62. The summed E-state index contributed by atoms with van der Waals surface area (Å²) in [5, 5.41) is 2.92. The predicted octanol–water partition coefficient (Wildman–Crippen LogP) is 6.98. The van der Waals surface area contributed by atoms with E-state index in [0.29, 0.717) is 12.5 Å². The molecule has 0 radical (unpaired) electrons. The van der Waals surface area contributed by atoms with Crippen molar-refractivity contribution in [1.82, 2.24) is 15.1 Å². The van der Waals surface area contributed by atoms with Crippen molar-refractivity contribution >= 4 is 12.4 Å². The van der Waals surface area contributed by atoms with Gasteiger partial charge in [0.15, 0.2) is 0 Å². The third-order valence-electron chi connectivity index (χ3n) is 7.10. The highest BCUT2D eigenvalue weighted by molar-refractivity contribution is 5.87. The lowest BCUT2D eigenvalue weighted by molar-refractivity contribution is 0.135. The number of allylic oxidation sites excluding steroid dienone is 3. The summed E-state index contributed by atoms with van der Waals surface area (Å²) in [6.45, 7) is 10.0. The number of benzene rings is 1. The largest absolute Gasteiger partial charge is 0.491 e. The maximum Gasteiger partial charge on any atom is 0.327 e. The highest BCUT2D eigenvalue weighted by Gasteiger charge is 2.30. The molecule has 0 atom stereocenters. The van der Waals surface area contributed by atoms with Gasteiger partial charge in [0.1, 0.15) is 5.75 Å². The number of hydrogen-bond donors (Lipinski definition) is 1.